The zero-order valence-electron chi connectivity index (χ0n) is 11.9. The minimum atomic E-state index is -3.58. The van der Waals surface area contributed by atoms with Crippen molar-refractivity contribution in [3.05, 3.63) is 45.9 Å². The van der Waals surface area contributed by atoms with Crippen LogP contribution in [0.25, 0.3) is 0 Å². The molecule has 0 aliphatic rings. The van der Waals surface area contributed by atoms with Crippen molar-refractivity contribution in [1.82, 2.24) is 9.71 Å². The van der Waals surface area contributed by atoms with Gasteiger partial charge in [-0.3, -0.25) is 0 Å². The Kier molecular flexibility index (Phi) is 5.10. The summed E-state index contributed by atoms with van der Waals surface area (Å²) >= 11 is 1.51. The number of aliphatic hydroxyl groups excluding tert-OH is 1. The minimum absolute atomic E-state index is 0.0162. The SMILES string of the molecule is Cc1ccc(S(=O)(=O)NCC(C)c2nccs2)cc1CO. The Hall–Kier alpha value is -1.28. The van der Waals surface area contributed by atoms with E-state index in [9.17, 15) is 13.5 Å². The van der Waals surface area contributed by atoms with Gasteiger partial charge in [0.25, 0.3) is 0 Å². The molecule has 0 radical (unpaired) electrons. The second-order valence-corrected chi connectivity index (χ2v) is 7.56. The molecule has 1 heterocycles. The normalized spacial score (nSPS) is 13.3. The van der Waals surface area contributed by atoms with E-state index in [1.165, 1.54) is 17.4 Å². The lowest BCUT2D eigenvalue weighted by molar-refractivity contribution is 0.280. The topological polar surface area (TPSA) is 79.3 Å². The summed E-state index contributed by atoms with van der Waals surface area (Å²) in [5.41, 5.74) is 1.48. The van der Waals surface area contributed by atoms with Crippen LogP contribution in [0.5, 0.6) is 0 Å². The number of thiazole rings is 1. The molecule has 1 aromatic carbocycles. The molecule has 1 unspecified atom stereocenters. The Balaban J connectivity index is 2.11. The number of benzene rings is 1. The second kappa shape index (κ2) is 6.65. The van der Waals surface area contributed by atoms with Crippen LogP contribution in [-0.2, 0) is 16.6 Å². The predicted molar refractivity (Wildman–Crippen MR) is 82.8 cm³/mol. The van der Waals surface area contributed by atoms with Gasteiger partial charge in [-0.1, -0.05) is 13.0 Å². The van der Waals surface area contributed by atoms with E-state index in [1.807, 2.05) is 19.2 Å². The molecule has 5 nitrogen and oxygen atoms in total. The van der Waals surface area contributed by atoms with Crippen LogP contribution < -0.4 is 4.72 Å². The van der Waals surface area contributed by atoms with Gasteiger partial charge in [-0.2, -0.15) is 0 Å². The molecule has 114 valence electrons. The van der Waals surface area contributed by atoms with Crippen LogP contribution in [0.2, 0.25) is 0 Å². The maximum absolute atomic E-state index is 12.3. The highest BCUT2D eigenvalue weighted by Gasteiger charge is 2.17. The maximum Gasteiger partial charge on any atom is 0.240 e. The van der Waals surface area contributed by atoms with Crippen molar-refractivity contribution in [3.8, 4) is 0 Å². The van der Waals surface area contributed by atoms with E-state index in [-0.39, 0.29) is 24.0 Å². The summed E-state index contributed by atoms with van der Waals surface area (Å²) in [4.78, 5) is 4.35. The zero-order chi connectivity index (χ0) is 15.5. The lowest BCUT2D eigenvalue weighted by atomic mass is 10.1. The summed E-state index contributed by atoms with van der Waals surface area (Å²) in [6.07, 6.45) is 1.71. The number of hydrogen-bond donors (Lipinski definition) is 2. The first-order valence-corrected chi connectivity index (χ1v) is 8.90. The van der Waals surface area contributed by atoms with Gasteiger partial charge >= 0.3 is 0 Å². The third-order valence-corrected chi connectivity index (χ3v) is 5.68. The van der Waals surface area contributed by atoms with Crippen molar-refractivity contribution in [2.24, 2.45) is 0 Å². The summed E-state index contributed by atoms with van der Waals surface area (Å²) in [5.74, 6) is 0.0162. The summed E-state index contributed by atoms with van der Waals surface area (Å²) in [6, 6.07) is 4.75. The molecular formula is C14H18N2O3S2. The highest BCUT2D eigenvalue weighted by molar-refractivity contribution is 7.89. The van der Waals surface area contributed by atoms with Gasteiger partial charge < -0.3 is 5.11 Å². The number of nitrogens with one attached hydrogen (secondary N) is 1. The molecule has 0 saturated carbocycles. The Labute approximate surface area is 128 Å². The zero-order valence-corrected chi connectivity index (χ0v) is 13.5. The van der Waals surface area contributed by atoms with Gasteiger partial charge in [-0.05, 0) is 30.2 Å². The number of aliphatic hydroxyl groups is 1. The molecule has 2 N–H and O–H groups in total. The molecule has 1 aromatic heterocycles. The van der Waals surface area contributed by atoms with Crippen molar-refractivity contribution in [3.63, 3.8) is 0 Å². The van der Waals surface area contributed by atoms with Gasteiger partial charge in [0.2, 0.25) is 10.0 Å². The molecule has 0 fully saturated rings. The maximum atomic E-state index is 12.3. The smallest absolute Gasteiger partial charge is 0.240 e. The number of aryl methyl sites for hydroxylation is 1. The molecular weight excluding hydrogens is 308 g/mol. The average molecular weight is 326 g/mol. The average Bonchev–Trinajstić information content (AvgIpc) is 2.99. The largest absolute Gasteiger partial charge is 0.392 e. The Morgan fingerprint density at radius 2 is 2.19 bits per heavy atom. The van der Waals surface area contributed by atoms with Crippen molar-refractivity contribution in [2.45, 2.75) is 31.3 Å². The van der Waals surface area contributed by atoms with E-state index in [1.54, 1.807) is 18.3 Å². The molecule has 0 amide bonds. The van der Waals surface area contributed by atoms with Crippen LogP contribution in [0.15, 0.2) is 34.7 Å². The number of sulfonamides is 1. The van der Waals surface area contributed by atoms with Crippen molar-refractivity contribution >= 4 is 21.4 Å². The number of rotatable bonds is 6. The Bertz CT molecular complexity index is 697. The Morgan fingerprint density at radius 1 is 1.43 bits per heavy atom. The molecule has 7 heteroatoms. The standard InChI is InChI=1S/C14H18N2O3S2/c1-10-3-4-13(7-12(10)9-17)21(18,19)16-8-11(2)14-15-5-6-20-14/h3-7,11,16-17H,8-9H2,1-2H3. The van der Waals surface area contributed by atoms with Crippen LogP contribution in [0.3, 0.4) is 0 Å². The summed E-state index contributed by atoms with van der Waals surface area (Å²) in [6.45, 7) is 3.87. The molecule has 0 saturated heterocycles. The third-order valence-electron chi connectivity index (χ3n) is 3.25. The van der Waals surface area contributed by atoms with Crippen LogP contribution in [0, 0.1) is 6.92 Å². The second-order valence-electron chi connectivity index (χ2n) is 4.87. The predicted octanol–water partition coefficient (Wildman–Crippen LogP) is 2.03. The fourth-order valence-corrected chi connectivity index (χ4v) is 3.75. The van der Waals surface area contributed by atoms with Gasteiger partial charge in [0.05, 0.1) is 16.5 Å². The monoisotopic (exact) mass is 326 g/mol. The van der Waals surface area contributed by atoms with E-state index in [0.717, 1.165) is 10.6 Å². The van der Waals surface area contributed by atoms with E-state index in [2.05, 4.69) is 9.71 Å². The van der Waals surface area contributed by atoms with Crippen molar-refractivity contribution < 1.29 is 13.5 Å². The summed E-state index contributed by atoms with van der Waals surface area (Å²) in [5, 5.41) is 12.0. The molecule has 0 aliphatic heterocycles. The molecule has 0 bridgehead atoms. The molecule has 0 spiro atoms. The first-order valence-electron chi connectivity index (χ1n) is 6.53. The van der Waals surface area contributed by atoms with E-state index < -0.39 is 10.0 Å². The number of aromatic nitrogens is 1. The quantitative estimate of drug-likeness (QED) is 0.851. The van der Waals surface area contributed by atoms with Gasteiger partial charge in [0.15, 0.2) is 0 Å². The lowest BCUT2D eigenvalue weighted by Gasteiger charge is -2.12. The number of nitrogens with zero attached hydrogens (tertiary/aromatic N) is 1. The van der Waals surface area contributed by atoms with Gasteiger partial charge in [0, 0.05) is 24.0 Å². The number of hydrogen-bond acceptors (Lipinski definition) is 5. The van der Waals surface area contributed by atoms with E-state index in [0.29, 0.717) is 5.56 Å². The molecule has 21 heavy (non-hydrogen) atoms. The summed E-state index contributed by atoms with van der Waals surface area (Å²) < 4.78 is 27.1. The lowest BCUT2D eigenvalue weighted by Crippen LogP contribution is -2.27. The van der Waals surface area contributed by atoms with E-state index in [4.69, 9.17) is 0 Å². The molecule has 2 aromatic rings. The van der Waals surface area contributed by atoms with Crippen LogP contribution in [0.1, 0.15) is 29.0 Å². The molecule has 1 atom stereocenters. The fraction of sp³-hybridized carbons (Fsp3) is 0.357. The fourth-order valence-electron chi connectivity index (χ4n) is 1.87. The van der Waals surface area contributed by atoms with Crippen molar-refractivity contribution in [1.29, 1.82) is 0 Å². The molecule has 2 rings (SSSR count). The minimum Gasteiger partial charge on any atom is -0.392 e. The van der Waals surface area contributed by atoms with Crippen LogP contribution in [0.4, 0.5) is 0 Å². The first kappa shape index (κ1) is 16.1. The van der Waals surface area contributed by atoms with Gasteiger partial charge in [0.1, 0.15) is 0 Å². The highest BCUT2D eigenvalue weighted by Crippen LogP contribution is 2.19. The van der Waals surface area contributed by atoms with Gasteiger partial charge in [-0.15, -0.1) is 11.3 Å². The van der Waals surface area contributed by atoms with E-state index >= 15 is 0 Å². The Morgan fingerprint density at radius 3 is 2.81 bits per heavy atom. The van der Waals surface area contributed by atoms with Crippen LogP contribution >= 0.6 is 11.3 Å². The van der Waals surface area contributed by atoms with Crippen LogP contribution in [-0.4, -0.2) is 25.1 Å². The first-order chi connectivity index (χ1) is 9.94. The highest BCUT2D eigenvalue weighted by atomic mass is 32.2. The van der Waals surface area contributed by atoms with Crippen molar-refractivity contribution in [2.75, 3.05) is 6.54 Å². The molecule has 0 aliphatic carbocycles. The third kappa shape index (κ3) is 3.88. The van der Waals surface area contributed by atoms with Gasteiger partial charge in [-0.25, -0.2) is 18.1 Å². The summed E-state index contributed by atoms with van der Waals surface area (Å²) in [7, 11) is -3.58.